The van der Waals surface area contributed by atoms with Crippen LogP contribution >= 0.6 is 12.2 Å². The van der Waals surface area contributed by atoms with Crippen molar-refractivity contribution in [3.63, 3.8) is 0 Å². The fourth-order valence-electron chi connectivity index (χ4n) is 0.804. The van der Waals surface area contributed by atoms with Crippen LogP contribution in [0.1, 0.15) is 18.7 Å². The molecule has 0 bridgehead atoms. The Morgan fingerprint density at radius 2 is 2.46 bits per heavy atom. The van der Waals surface area contributed by atoms with Crippen LogP contribution in [-0.2, 0) is 0 Å². The van der Waals surface area contributed by atoms with Gasteiger partial charge in [0.25, 0.3) is 0 Å². The van der Waals surface area contributed by atoms with Crippen LogP contribution in [0, 0.1) is 0 Å². The second-order valence-electron chi connectivity index (χ2n) is 2.63. The standard InChI is InChI=1S/C6H12N6S/c1-4(3-8-6(13)7-2)5-9-11-12-10-5/h4H,3H2,1-2H3,(H2,7,8,13)(H,9,10,11,12). The summed E-state index contributed by atoms with van der Waals surface area (Å²) in [5.41, 5.74) is 0. The molecule has 1 aromatic heterocycles. The maximum absolute atomic E-state index is 4.92. The number of hydrogen-bond acceptors (Lipinski definition) is 4. The average Bonchev–Trinajstić information content (AvgIpc) is 2.66. The van der Waals surface area contributed by atoms with Crippen LogP contribution in [0.5, 0.6) is 0 Å². The monoisotopic (exact) mass is 200 g/mol. The lowest BCUT2D eigenvalue weighted by atomic mass is 10.2. The van der Waals surface area contributed by atoms with Gasteiger partial charge in [0, 0.05) is 19.5 Å². The molecule has 0 amide bonds. The molecule has 1 heterocycles. The number of tetrazole rings is 1. The van der Waals surface area contributed by atoms with Crippen LogP contribution in [0.15, 0.2) is 0 Å². The average molecular weight is 200 g/mol. The number of hydrogen-bond donors (Lipinski definition) is 3. The van der Waals surface area contributed by atoms with Gasteiger partial charge in [0.2, 0.25) is 0 Å². The van der Waals surface area contributed by atoms with E-state index in [1.165, 1.54) is 0 Å². The van der Waals surface area contributed by atoms with Gasteiger partial charge in [0.1, 0.15) is 0 Å². The van der Waals surface area contributed by atoms with Crippen LogP contribution in [0.2, 0.25) is 0 Å². The lowest BCUT2D eigenvalue weighted by Gasteiger charge is -2.09. The smallest absolute Gasteiger partial charge is 0.179 e. The first kappa shape index (κ1) is 9.85. The van der Waals surface area contributed by atoms with Gasteiger partial charge in [-0.1, -0.05) is 12.1 Å². The van der Waals surface area contributed by atoms with E-state index in [4.69, 9.17) is 12.2 Å². The molecule has 7 heteroatoms. The van der Waals surface area contributed by atoms with Crippen molar-refractivity contribution in [2.45, 2.75) is 12.8 Å². The van der Waals surface area contributed by atoms with E-state index in [1.54, 1.807) is 7.05 Å². The number of aromatic nitrogens is 4. The Morgan fingerprint density at radius 3 is 3.00 bits per heavy atom. The van der Waals surface area contributed by atoms with Gasteiger partial charge in [-0.3, -0.25) is 0 Å². The topological polar surface area (TPSA) is 78.5 Å². The second kappa shape index (κ2) is 4.70. The summed E-state index contributed by atoms with van der Waals surface area (Å²) < 4.78 is 0. The first-order chi connectivity index (χ1) is 6.24. The summed E-state index contributed by atoms with van der Waals surface area (Å²) in [5, 5.41) is 20.1. The van der Waals surface area contributed by atoms with Crippen LogP contribution in [0.25, 0.3) is 0 Å². The molecule has 0 saturated carbocycles. The van der Waals surface area contributed by atoms with Gasteiger partial charge >= 0.3 is 0 Å². The third-order valence-corrected chi connectivity index (χ3v) is 1.95. The van der Waals surface area contributed by atoms with Gasteiger partial charge in [-0.15, -0.1) is 10.2 Å². The van der Waals surface area contributed by atoms with Gasteiger partial charge in [-0.2, -0.15) is 5.21 Å². The maximum Gasteiger partial charge on any atom is 0.179 e. The zero-order valence-electron chi connectivity index (χ0n) is 7.53. The number of nitrogens with zero attached hydrogens (tertiary/aromatic N) is 3. The molecule has 1 unspecified atom stereocenters. The molecule has 1 aromatic rings. The maximum atomic E-state index is 4.92. The van der Waals surface area contributed by atoms with Crippen molar-refractivity contribution in [1.29, 1.82) is 0 Å². The highest BCUT2D eigenvalue weighted by Gasteiger charge is 2.09. The van der Waals surface area contributed by atoms with Crippen molar-refractivity contribution in [3.05, 3.63) is 5.82 Å². The number of rotatable bonds is 3. The Morgan fingerprint density at radius 1 is 1.69 bits per heavy atom. The lowest BCUT2D eigenvalue weighted by molar-refractivity contribution is 0.671. The largest absolute Gasteiger partial charge is 0.366 e. The van der Waals surface area contributed by atoms with Crippen molar-refractivity contribution in [2.24, 2.45) is 0 Å². The molecule has 0 aliphatic carbocycles. The summed E-state index contributed by atoms with van der Waals surface area (Å²) >= 11 is 4.92. The molecule has 0 aliphatic rings. The zero-order chi connectivity index (χ0) is 9.68. The molecule has 72 valence electrons. The fourth-order valence-corrected chi connectivity index (χ4v) is 0.887. The van der Waals surface area contributed by atoms with Crippen LogP contribution < -0.4 is 10.6 Å². The Bertz CT molecular complexity index is 258. The molecule has 0 aromatic carbocycles. The van der Waals surface area contributed by atoms with Crippen LogP contribution in [0.4, 0.5) is 0 Å². The molecule has 0 radical (unpaired) electrons. The summed E-state index contributed by atoms with van der Waals surface area (Å²) in [6, 6.07) is 0. The number of aromatic amines is 1. The summed E-state index contributed by atoms with van der Waals surface area (Å²) in [7, 11) is 1.77. The third kappa shape index (κ3) is 2.94. The fraction of sp³-hybridized carbons (Fsp3) is 0.667. The molecule has 1 rings (SSSR count). The van der Waals surface area contributed by atoms with E-state index < -0.39 is 0 Å². The number of thiocarbonyl (C=S) groups is 1. The Balaban J connectivity index is 2.34. The minimum atomic E-state index is 0.185. The van der Waals surface area contributed by atoms with Crippen molar-refractivity contribution in [3.8, 4) is 0 Å². The predicted octanol–water partition coefficient (Wildman–Crippen LogP) is -0.603. The number of H-pyrrole nitrogens is 1. The second-order valence-corrected chi connectivity index (χ2v) is 3.04. The van der Waals surface area contributed by atoms with E-state index in [1.807, 2.05) is 6.92 Å². The highest BCUT2D eigenvalue weighted by atomic mass is 32.1. The molecule has 0 aliphatic heterocycles. The molecule has 0 saturated heterocycles. The first-order valence-corrected chi connectivity index (χ1v) is 4.33. The van der Waals surface area contributed by atoms with E-state index in [-0.39, 0.29) is 5.92 Å². The minimum Gasteiger partial charge on any atom is -0.366 e. The summed E-state index contributed by atoms with van der Waals surface area (Å²) in [5.74, 6) is 0.872. The SMILES string of the molecule is CNC(=S)NCC(C)c1nn[nH]n1. The normalized spacial score (nSPS) is 12.2. The minimum absolute atomic E-state index is 0.185. The van der Waals surface area contributed by atoms with Gasteiger partial charge < -0.3 is 10.6 Å². The molecule has 0 spiro atoms. The van der Waals surface area contributed by atoms with Crippen molar-refractivity contribution >= 4 is 17.3 Å². The van der Waals surface area contributed by atoms with E-state index in [0.717, 1.165) is 0 Å². The van der Waals surface area contributed by atoms with Crippen molar-refractivity contribution in [1.82, 2.24) is 31.3 Å². The van der Waals surface area contributed by atoms with Crippen molar-refractivity contribution < 1.29 is 0 Å². The van der Waals surface area contributed by atoms with Crippen molar-refractivity contribution in [2.75, 3.05) is 13.6 Å². The highest BCUT2D eigenvalue weighted by Crippen LogP contribution is 2.04. The molecule has 13 heavy (non-hydrogen) atoms. The molecular weight excluding hydrogens is 188 g/mol. The molecular formula is C6H12N6S. The molecule has 1 atom stereocenters. The first-order valence-electron chi connectivity index (χ1n) is 3.93. The lowest BCUT2D eigenvalue weighted by Crippen LogP contribution is -2.35. The quantitative estimate of drug-likeness (QED) is 0.565. The van der Waals surface area contributed by atoms with Gasteiger partial charge in [-0.05, 0) is 12.2 Å². The zero-order valence-corrected chi connectivity index (χ0v) is 8.35. The summed E-state index contributed by atoms with van der Waals surface area (Å²) in [6.07, 6.45) is 0. The third-order valence-electron chi connectivity index (χ3n) is 1.60. The van der Waals surface area contributed by atoms with Crippen LogP contribution in [-0.4, -0.2) is 39.3 Å². The molecule has 0 fully saturated rings. The summed E-state index contributed by atoms with van der Waals surface area (Å²) in [6.45, 7) is 2.69. The van der Waals surface area contributed by atoms with Crippen LogP contribution in [0.3, 0.4) is 0 Å². The van der Waals surface area contributed by atoms with E-state index in [2.05, 4.69) is 31.3 Å². The Labute approximate surface area is 81.5 Å². The Hall–Kier alpha value is -1.24. The van der Waals surface area contributed by atoms with Gasteiger partial charge in [0.15, 0.2) is 10.9 Å². The van der Waals surface area contributed by atoms with E-state index >= 15 is 0 Å². The predicted molar refractivity (Wildman–Crippen MR) is 52.3 cm³/mol. The molecule has 3 N–H and O–H groups in total. The summed E-state index contributed by atoms with van der Waals surface area (Å²) in [4.78, 5) is 0. The molecule has 6 nitrogen and oxygen atoms in total. The Kier molecular flexibility index (Phi) is 3.56. The number of nitrogens with one attached hydrogen (secondary N) is 3. The van der Waals surface area contributed by atoms with E-state index in [9.17, 15) is 0 Å². The van der Waals surface area contributed by atoms with Gasteiger partial charge in [-0.25, -0.2) is 0 Å². The highest BCUT2D eigenvalue weighted by molar-refractivity contribution is 7.80. The van der Waals surface area contributed by atoms with Gasteiger partial charge in [0.05, 0.1) is 0 Å². The van der Waals surface area contributed by atoms with E-state index in [0.29, 0.717) is 17.5 Å².